The van der Waals surface area contributed by atoms with Crippen LogP contribution in [0.5, 0.6) is 0 Å². The number of piperidine rings is 1. The van der Waals surface area contributed by atoms with Crippen molar-refractivity contribution < 1.29 is 15.0 Å². The quantitative estimate of drug-likeness (QED) is 0.579. The van der Waals surface area contributed by atoms with E-state index < -0.39 is 5.97 Å². The van der Waals surface area contributed by atoms with E-state index in [9.17, 15) is 15.0 Å². The minimum atomic E-state index is -0.991. The molecule has 154 valence electrons. The van der Waals surface area contributed by atoms with Crippen molar-refractivity contribution >= 4 is 39.8 Å². The van der Waals surface area contributed by atoms with E-state index in [4.69, 9.17) is 0 Å². The summed E-state index contributed by atoms with van der Waals surface area (Å²) in [7, 11) is 0. The first-order valence-corrected chi connectivity index (χ1v) is 10.5. The van der Waals surface area contributed by atoms with Gasteiger partial charge in [-0.1, -0.05) is 17.4 Å². The highest BCUT2D eigenvalue weighted by atomic mass is 32.1. The van der Waals surface area contributed by atoms with Crippen LogP contribution in [0.4, 0.5) is 16.9 Å². The monoisotopic (exact) mass is 416 g/mol. The lowest BCUT2D eigenvalue weighted by Crippen LogP contribution is -2.36. The van der Waals surface area contributed by atoms with Gasteiger partial charge in [0.05, 0.1) is 17.5 Å². The van der Waals surface area contributed by atoms with Crippen molar-refractivity contribution in [2.24, 2.45) is 0 Å². The summed E-state index contributed by atoms with van der Waals surface area (Å²) in [6.07, 6.45) is 4.18. The number of hydrogen-bond donors (Lipinski definition) is 4. The van der Waals surface area contributed by atoms with Gasteiger partial charge in [0.15, 0.2) is 5.13 Å². The van der Waals surface area contributed by atoms with Gasteiger partial charge in [-0.15, -0.1) is 0 Å². The van der Waals surface area contributed by atoms with Crippen LogP contribution in [0, 0.1) is 6.92 Å². The second kappa shape index (κ2) is 8.44. The molecule has 2 aliphatic heterocycles. The number of thiazole rings is 1. The first-order chi connectivity index (χ1) is 14.0. The fourth-order valence-electron chi connectivity index (χ4n) is 3.51. The Morgan fingerprint density at radius 1 is 1.31 bits per heavy atom. The van der Waals surface area contributed by atoms with Gasteiger partial charge in [0, 0.05) is 25.7 Å². The molecule has 4 heterocycles. The van der Waals surface area contributed by atoms with Gasteiger partial charge in [-0.25, -0.2) is 14.8 Å². The zero-order valence-corrected chi connectivity index (χ0v) is 17.0. The SMILES string of the molecule is Cc1nc(Nc2nc(C3=CCNCC3)cc(N3CCC(O)CC3)n2)sc1C(=O)O. The van der Waals surface area contributed by atoms with Gasteiger partial charge in [0.2, 0.25) is 5.95 Å². The average molecular weight is 417 g/mol. The maximum Gasteiger partial charge on any atom is 0.347 e. The predicted molar refractivity (Wildman–Crippen MR) is 112 cm³/mol. The topological polar surface area (TPSA) is 124 Å². The minimum Gasteiger partial charge on any atom is -0.477 e. The van der Waals surface area contributed by atoms with Crippen molar-refractivity contribution in [1.82, 2.24) is 20.3 Å². The number of aromatic carboxylic acids is 1. The molecule has 2 aliphatic rings. The Labute approximate surface area is 172 Å². The van der Waals surface area contributed by atoms with Gasteiger partial charge in [-0.2, -0.15) is 4.98 Å². The number of carbonyl (C=O) groups is 1. The lowest BCUT2D eigenvalue weighted by atomic mass is 10.0. The van der Waals surface area contributed by atoms with Crippen molar-refractivity contribution in [2.45, 2.75) is 32.3 Å². The Bertz CT molecular complexity index is 936. The molecule has 4 N–H and O–H groups in total. The van der Waals surface area contributed by atoms with Gasteiger partial charge in [0.1, 0.15) is 10.7 Å². The first kappa shape index (κ1) is 19.7. The highest BCUT2D eigenvalue weighted by Gasteiger charge is 2.21. The lowest BCUT2D eigenvalue weighted by molar-refractivity contribution is 0.0701. The molecule has 0 radical (unpaired) electrons. The summed E-state index contributed by atoms with van der Waals surface area (Å²) >= 11 is 1.07. The Morgan fingerprint density at radius 3 is 2.76 bits per heavy atom. The molecular weight excluding hydrogens is 392 g/mol. The number of anilines is 3. The Balaban J connectivity index is 1.66. The van der Waals surface area contributed by atoms with E-state index in [1.165, 1.54) is 0 Å². The third kappa shape index (κ3) is 4.55. The van der Waals surface area contributed by atoms with Gasteiger partial charge < -0.3 is 20.4 Å². The summed E-state index contributed by atoms with van der Waals surface area (Å²) < 4.78 is 0. The lowest BCUT2D eigenvalue weighted by Gasteiger charge is -2.31. The molecule has 2 aromatic heterocycles. The molecule has 0 aromatic carbocycles. The molecule has 0 unspecified atom stereocenters. The van der Waals surface area contributed by atoms with Crippen LogP contribution in [-0.4, -0.2) is 63.4 Å². The van der Waals surface area contributed by atoms with Gasteiger partial charge in [-0.05, 0) is 38.3 Å². The van der Waals surface area contributed by atoms with E-state index in [0.717, 1.165) is 61.0 Å². The third-order valence-corrected chi connectivity index (χ3v) is 6.16. The van der Waals surface area contributed by atoms with Crippen LogP contribution < -0.4 is 15.5 Å². The molecule has 0 amide bonds. The molecule has 9 nitrogen and oxygen atoms in total. The number of aliphatic hydroxyl groups is 1. The molecule has 29 heavy (non-hydrogen) atoms. The zero-order valence-electron chi connectivity index (χ0n) is 16.2. The number of carboxylic acids is 1. The number of aryl methyl sites for hydroxylation is 1. The Kier molecular flexibility index (Phi) is 5.74. The van der Waals surface area contributed by atoms with Crippen LogP contribution in [0.2, 0.25) is 0 Å². The molecule has 0 aliphatic carbocycles. The van der Waals surface area contributed by atoms with E-state index >= 15 is 0 Å². The van der Waals surface area contributed by atoms with Crippen molar-refractivity contribution in [3.05, 3.63) is 28.4 Å². The second-order valence-corrected chi connectivity index (χ2v) is 8.20. The highest BCUT2D eigenvalue weighted by molar-refractivity contribution is 7.17. The maximum atomic E-state index is 11.3. The normalized spacial score (nSPS) is 17.9. The zero-order chi connectivity index (χ0) is 20.4. The number of rotatable bonds is 5. The van der Waals surface area contributed by atoms with Crippen LogP contribution in [-0.2, 0) is 0 Å². The largest absolute Gasteiger partial charge is 0.477 e. The van der Waals surface area contributed by atoms with Crippen molar-refractivity contribution in [3.8, 4) is 0 Å². The number of aromatic nitrogens is 3. The summed E-state index contributed by atoms with van der Waals surface area (Å²) in [5, 5.41) is 25.9. The standard InChI is InChI=1S/C19H24N6O3S/c1-11-16(17(27)28)29-19(21-11)24-18-22-14(12-2-6-20-7-3-12)10-15(23-18)25-8-4-13(26)5-9-25/h2,10,13,20,26H,3-9H2,1H3,(H,27,28)(H,21,22,23,24). The van der Waals surface area contributed by atoms with Crippen LogP contribution in [0.15, 0.2) is 12.1 Å². The smallest absolute Gasteiger partial charge is 0.347 e. The summed E-state index contributed by atoms with van der Waals surface area (Å²) in [4.78, 5) is 27.3. The van der Waals surface area contributed by atoms with E-state index in [2.05, 4.69) is 36.6 Å². The molecule has 1 fully saturated rings. The van der Waals surface area contributed by atoms with E-state index in [1.54, 1.807) is 6.92 Å². The number of hydrogen-bond acceptors (Lipinski definition) is 9. The average Bonchev–Trinajstić information content (AvgIpc) is 3.09. The fourth-order valence-corrected chi connectivity index (χ4v) is 4.31. The second-order valence-electron chi connectivity index (χ2n) is 7.20. The van der Waals surface area contributed by atoms with Crippen molar-refractivity contribution in [1.29, 1.82) is 0 Å². The Hall–Kier alpha value is -2.56. The van der Waals surface area contributed by atoms with Crippen molar-refractivity contribution in [3.63, 3.8) is 0 Å². The number of nitrogens with one attached hydrogen (secondary N) is 2. The van der Waals surface area contributed by atoms with Crippen molar-refractivity contribution in [2.75, 3.05) is 36.4 Å². The molecule has 10 heteroatoms. The third-order valence-electron chi connectivity index (χ3n) is 5.10. The molecule has 0 bridgehead atoms. The van der Waals surface area contributed by atoms with E-state index in [1.807, 2.05) is 6.07 Å². The molecule has 0 spiro atoms. The molecule has 2 aromatic rings. The molecule has 1 saturated heterocycles. The fraction of sp³-hybridized carbons (Fsp3) is 0.474. The highest BCUT2D eigenvalue weighted by Crippen LogP contribution is 2.29. The number of carboxylic acid groups (broad SMARTS) is 1. The van der Waals surface area contributed by atoms with Gasteiger partial charge >= 0.3 is 5.97 Å². The first-order valence-electron chi connectivity index (χ1n) is 9.69. The van der Waals surface area contributed by atoms with Crippen LogP contribution in [0.1, 0.15) is 40.3 Å². The van der Waals surface area contributed by atoms with E-state index in [-0.39, 0.29) is 11.0 Å². The van der Waals surface area contributed by atoms with Crippen LogP contribution in [0.25, 0.3) is 5.57 Å². The predicted octanol–water partition coefficient (Wildman–Crippen LogP) is 2.02. The minimum absolute atomic E-state index is 0.204. The van der Waals surface area contributed by atoms with E-state index in [0.29, 0.717) is 29.6 Å². The maximum absolute atomic E-state index is 11.3. The van der Waals surface area contributed by atoms with Gasteiger partial charge in [-0.3, -0.25) is 5.32 Å². The van der Waals surface area contributed by atoms with Gasteiger partial charge in [0.25, 0.3) is 0 Å². The summed E-state index contributed by atoms with van der Waals surface area (Å²) in [6.45, 7) is 4.85. The summed E-state index contributed by atoms with van der Waals surface area (Å²) in [6, 6.07) is 2.00. The molecule has 4 rings (SSSR count). The Morgan fingerprint density at radius 2 is 2.10 bits per heavy atom. The molecule has 0 atom stereocenters. The molecular formula is C19H24N6O3S. The number of aliphatic hydroxyl groups excluding tert-OH is 1. The summed E-state index contributed by atoms with van der Waals surface area (Å²) in [5.74, 6) is 0.208. The summed E-state index contributed by atoms with van der Waals surface area (Å²) in [5.41, 5.74) is 2.48. The number of nitrogens with zero attached hydrogens (tertiary/aromatic N) is 4. The molecule has 0 saturated carbocycles. The van der Waals surface area contributed by atoms with Crippen LogP contribution >= 0.6 is 11.3 Å². The van der Waals surface area contributed by atoms with Crippen LogP contribution in [0.3, 0.4) is 0 Å².